The molecule has 0 fully saturated rings. The van der Waals surface area contributed by atoms with Crippen LogP contribution in [0.25, 0.3) is 20.1 Å². The molecule has 9 heteroatoms. The molecule has 2 amide bonds. The van der Waals surface area contributed by atoms with Gasteiger partial charge in [-0.3, -0.25) is 14.5 Å². The third kappa shape index (κ3) is 3.80. The van der Waals surface area contributed by atoms with Crippen LogP contribution in [0.3, 0.4) is 0 Å². The third-order valence-electron chi connectivity index (χ3n) is 4.71. The molecule has 0 saturated carbocycles. The minimum atomic E-state index is -0.583. The van der Waals surface area contributed by atoms with E-state index in [2.05, 4.69) is 10.3 Å². The molecule has 0 spiro atoms. The number of rotatable bonds is 4. The van der Waals surface area contributed by atoms with E-state index in [9.17, 15) is 14.4 Å². The first kappa shape index (κ1) is 19.4. The first-order valence-corrected chi connectivity index (χ1v) is 11.0. The molecule has 0 atom stereocenters. The van der Waals surface area contributed by atoms with Crippen molar-refractivity contribution in [1.82, 2.24) is 4.98 Å². The zero-order chi connectivity index (χ0) is 21.4. The number of esters is 1. The number of para-hydroxylation sites is 3. The van der Waals surface area contributed by atoms with Gasteiger partial charge in [0.15, 0.2) is 6.61 Å². The summed E-state index contributed by atoms with van der Waals surface area (Å²) in [5.74, 6) is -1.34. The Bertz CT molecular complexity index is 1290. The summed E-state index contributed by atoms with van der Waals surface area (Å²) in [6.07, 6.45) is 0. The number of ether oxygens (including phenoxy) is 1. The zero-order valence-electron chi connectivity index (χ0n) is 16.0. The summed E-state index contributed by atoms with van der Waals surface area (Å²) >= 11 is 2.82. The van der Waals surface area contributed by atoms with Crippen LogP contribution in [0, 0.1) is 0 Å². The number of amides is 2. The van der Waals surface area contributed by atoms with Crippen molar-refractivity contribution in [3.05, 3.63) is 65.5 Å². The smallest absolute Gasteiger partial charge is 0.348 e. The van der Waals surface area contributed by atoms with Crippen LogP contribution in [-0.2, 0) is 14.3 Å². The van der Waals surface area contributed by atoms with Crippen molar-refractivity contribution in [2.45, 2.75) is 0 Å². The minimum Gasteiger partial charge on any atom is -0.451 e. The van der Waals surface area contributed by atoms with Crippen LogP contribution in [0.1, 0.15) is 9.67 Å². The van der Waals surface area contributed by atoms with Crippen LogP contribution >= 0.6 is 22.7 Å². The predicted molar refractivity (Wildman–Crippen MR) is 121 cm³/mol. The minimum absolute atomic E-state index is 0.117. The highest BCUT2D eigenvalue weighted by Crippen LogP contribution is 2.34. The largest absolute Gasteiger partial charge is 0.451 e. The summed E-state index contributed by atoms with van der Waals surface area (Å²) < 4.78 is 6.31. The third-order valence-corrected chi connectivity index (χ3v) is 6.98. The summed E-state index contributed by atoms with van der Waals surface area (Å²) in [5.41, 5.74) is 2.05. The molecule has 3 heterocycles. The normalized spacial score (nSPS) is 13.0. The molecule has 2 aromatic heterocycles. The van der Waals surface area contributed by atoms with Gasteiger partial charge in [0, 0.05) is 0 Å². The lowest BCUT2D eigenvalue weighted by molar-refractivity contribution is -0.124. The number of benzene rings is 2. The van der Waals surface area contributed by atoms with E-state index < -0.39 is 18.5 Å². The van der Waals surface area contributed by atoms with Gasteiger partial charge in [0.1, 0.15) is 16.4 Å². The highest BCUT2D eigenvalue weighted by atomic mass is 32.1. The number of carbonyl (C=O) groups excluding carboxylic acids is 3. The Kier molecular flexibility index (Phi) is 4.97. The van der Waals surface area contributed by atoms with Gasteiger partial charge in [-0.1, -0.05) is 24.3 Å². The maximum atomic E-state index is 12.6. The van der Waals surface area contributed by atoms with E-state index in [1.165, 1.54) is 16.2 Å². The Morgan fingerprint density at radius 1 is 1.03 bits per heavy atom. The predicted octanol–water partition coefficient (Wildman–Crippen LogP) is 4.17. The molecule has 154 valence electrons. The number of nitrogens with zero attached hydrogens (tertiary/aromatic N) is 2. The summed E-state index contributed by atoms with van der Waals surface area (Å²) in [4.78, 5) is 44.2. The van der Waals surface area contributed by atoms with Crippen molar-refractivity contribution in [2.75, 3.05) is 23.4 Å². The van der Waals surface area contributed by atoms with Crippen LogP contribution in [0.5, 0.6) is 0 Å². The fourth-order valence-electron chi connectivity index (χ4n) is 3.27. The summed E-state index contributed by atoms with van der Waals surface area (Å²) in [7, 11) is 0. The van der Waals surface area contributed by atoms with Gasteiger partial charge in [0.05, 0.1) is 26.5 Å². The second-order valence-electron chi connectivity index (χ2n) is 6.77. The number of nitrogens with one attached hydrogen (secondary N) is 1. The van der Waals surface area contributed by atoms with Gasteiger partial charge >= 0.3 is 5.97 Å². The van der Waals surface area contributed by atoms with Crippen LogP contribution in [-0.4, -0.2) is 35.9 Å². The lowest BCUT2D eigenvalue weighted by Gasteiger charge is -2.28. The molecule has 0 bridgehead atoms. The molecule has 0 radical (unpaired) electrons. The first-order chi connectivity index (χ1) is 15.1. The molecule has 2 aromatic carbocycles. The van der Waals surface area contributed by atoms with E-state index in [0.29, 0.717) is 16.3 Å². The maximum Gasteiger partial charge on any atom is 0.348 e. The van der Waals surface area contributed by atoms with Gasteiger partial charge < -0.3 is 10.1 Å². The lowest BCUT2D eigenvalue weighted by atomic mass is 10.2. The van der Waals surface area contributed by atoms with Crippen molar-refractivity contribution in [3.63, 3.8) is 0 Å². The molecule has 5 rings (SSSR count). The van der Waals surface area contributed by atoms with Crippen molar-refractivity contribution in [1.29, 1.82) is 0 Å². The second kappa shape index (κ2) is 7.93. The van der Waals surface area contributed by atoms with E-state index in [1.54, 1.807) is 41.7 Å². The number of hydrogen-bond acceptors (Lipinski definition) is 7. The molecule has 0 saturated heterocycles. The fourth-order valence-corrected chi connectivity index (χ4v) is 5.19. The number of aromatic nitrogens is 1. The van der Waals surface area contributed by atoms with E-state index in [1.807, 2.05) is 30.3 Å². The van der Waals surface area contributed by atoms with Crippen molar-refractivity contribution < 1.29 is 19.1 Å². The maximum absolute atomic E-state index is 12.6. The SMILES string of the molecule is O=C1CN(C(=O)COC(=O)c2ccc(-c3nc4ccccc4s3)s2)c2ccccc2N1. The Balaban J connectivity index is 1.27. The van der Waals surface area contributed by atoms with Crippen molar-refractivity contribution in [2.24, 2.45) is 0 Å². The Morgan fingerprint density at radius 2 is 1.84 bits per heavy atom. The second-order valence-corrected chi connectivity index (χ2v) is 8.89. The molecule has 0 unspecified atom stereocenters. The molecular weight excluding hydrogens is 434 g/mol. The lowest BCUT2D eigenvalue weighted by Crippen LogP contribution is -2.44. The van der Waals surface area contributed by atoms with Gasteiger partial charge in [-0.25, -0.2) is 9.78 Å². The highest BCUT2D eigenvalue weighted by molar-refractivity contribution is 7.26. The number of thiophene rings is 1. The number of anilines is 2. The number of fused-ring (bicyclic) bond motifs is 2. The Morgan fingerprint density at radius 3 is 2.71 bits per heavy atom. The van der Waals surface area contributed by atoms with Gasteiger partial charge in [-0.15, -0.1) is 22.7 Å². The monoisotopic (exact) mass is 449 g/mol. The first-order valence-electron chi connectivity index (χ1n) is 9.40. The molecule has 4 aromatic rings. The molecule has 1 aliphatic heterocycles. The average Bonchev–Trinajstić information content (AvgIpc) is 3.43. The Hall–Kier alpha value is -3.56. The van der Waals surface area contributed by atoms with E-state index in [-0.39, 0.29) is 12.5 Å². The molecule has 1 N–H and O–H groups in total. The van der Waals surface area contributed by atoms with Crippen LogP contribution in [0.2, 0.25) is 0 Å². The topological polar surface area (TPSA) is 88.6 Å². The molecule has 0 aliphatic carbocycles. The van der Waals surface area contributed by atoms with Crippen LogP contribution in [0.4, 0.5) is 11.4 Å². The fraction of sp³-hybridized carbons (Fsp3) is 0.0909. The summed E-state index contributed by atoms with van der Waals surface area (Å²) in [5, 5.41) is 3.55. The van der Waals surface area contributed by atoms with Crippen molar-refractivity contribution >= 4 is 62.0 Å². The number of carbonyl (C=O) groups is 3. The highest BCUT2D eigenvalue weighted by Gasteiger charge is 2.27. The average molecular weight is 450 g/mol. The van der Waals surface area contributed by atoms with Gasteiger partial charge in [0.25, 0.3) is 5.91 Å². The van der Waals surface area contributed by atoms with E-state index in [4.69, 9.17) is 4.74 Å². The zero-order valence-corrected chi connectivity index (χ0v) is 17.7. The number of thiazole rings is 1. The van der Waals surface area contributed by atoms with Crippen LogP contribution < -0.4 is 10.2 Å². The van der Waals surface area contributed by atoms with Crippen molar-refractivity contribution in [3.8, 4) is 9.88 Å². The molecular formula is C22H15N3O4S2. The molecule has 31 heavy (non-hydrogen) atoms. The molecule has 1 aliphatic rings. The number of hydrogen-bond donors (Lipinski definition) is 1. The quantitative estimate of drug-likeness (QED) is 0.473. The standard InChI is InChI=1S/C22H15N3O4S2/c26-19-11-25(15-7-3-1-5-13(15)23-19)20(27)12-29-22(28)18-10-9-17(30-18)21-24-14-6-2-4-8-16(14)31-21/h1-10H,11-12H2,(H,23,26). The van der Waals surface area contributed by atoms with Gasteiger partial charge in [0.2, 0.25) is 5.91 Å². The van der Waals surface area contributed by atoms with Crippen LogP contribution in [0.15, 0.2) is 60.7 Å². The van der Waals surface area contributed by atoms with E-state index in [0.717, 1.165) is 20.1 Å². The van der Waals surface area contributed by atoms with Gasteiger partial charge in [-0.05, 0) is 36.4 Å². The molecule has 7 nitrogen and oxygen atoms in total. The summed E-state index contributed by atoms with van der Waals surface area (Å²) in [6.45, 7) is -0.566. The van der Waals surface area contributed by atoms with E-state index >= 15 is 0 Å². The van der Waals surface area contributed by atoms with Gasteiger partial charge in [-0.2, -0.15) is 0 Å². The summed E-state index contributed by atoms with van der Waals surface area (Å²) in [6, 6.07) is 18.3. The Labute approximate surface area is 184 Å².